The van der Waals surface area contributed by atoms with E-state index in [0.717, 1.165) is 12.2 Å². The number of nitrogens with two attached hydrogens (primary N) is 1. The van der Waals surface area contributed by atoms with Gasteiger partial charge in [0.1, 0.15) is 5.75 Å². The van der Waals surface area contributed by atoms with E-state index in [1.54, 1.807) is 30.0 Å². The summed E-state index contributed by atoms with van der Waals surface area (Å²) < 4.78 is 5.32. The minimum absolute atomic E-state index is 0.0918. The van der Waals surface area contributed by atoms with Crippen molar-refractivity contribution in [1.82, 2.24) is 5.32 Å². The second-order valence-corrected chi connectivity index (χ2v) is 4.77. The average Bonchev–Trinajstić information content (AvgIpc) is 2.37. The van der Waals surface area contributed by atoms with Crippen molar-refractivity contribution in [3.05, 3.63) is 23.8 Å². The molecule has 1 rings (SSSR count). The van der Waals surface area contributed by atoms with Crippen LogP contribution in [-0.2, 0) is 0 Å². The molecule has 0 aliphatic carbocycles. The Labute approximate surface area is 112 Å². The molecule has 1 aromatic carbocycles. The summed E-state index contributed by atoms with van der Waals surface area (Å²) >= 11 is 1.77. The number of hydrogen-bond acceptors (Lipinski definition) is 4. The van der Waals surface area contributed by atoms with Gasteiger partial charge in [0.25, 0.3) is 5.91 Å². The van der Waals surface area contributed by atoms with E-state index in [1.165, 1.54) is 0 Å². The summed E-state index contributed by atoms with van der Waals surface area (Å²) in [7, 11) is 0. The second kappa shape index (κ2) is 7.87. The van der Waals surface area contributed by atoms with Gasteiger partial charge in [0.15, 0.2) is 0 Å². The molecule has 0 saturated carbocycles. The van der Waals surface area contributed by atoms with Crippen molar-refractivity contribution in [2.24, 2.45) is 0 Å². The van der Waals surface area contributed by atoms with Crippen LogP contribution in [0.4, 0.5) is 5.69 Å². The number of anilines is 1. The molecule has 0 aliphatic heterocycles. The van der Waals surface area contributed by atoms with Crippen LogP contribution in [0.5, 0.6) is 5.75 Å². The Bertz CT molecular complexity index is 397. The van der Waals surface area contributed by atoms with Gasteiger partial charge in [-0.2, -0.15) is 11.8 Å². The molecular weight excluding hydrogens is 248 g/mol. The van der Waals surface area contributed by atoms with E-state index >= 15 is 0 Å². The molecular formula is C13H20N2O2S. The standard InChI is InChI=1S/C13H20N2O2S/c1-3-17-12-6-5-10(9-11(12)14)13(16)15-7-4-8-18-2/h5-6,9H,3-4,7-8,14H2,1-2H3,(H,15,16). The number of nitrogens with one attached hydrogen (secondary N) is 1. The summed E-state index contributed by atoms with van der Waals surface area (Å²) in [6.45, 7) is 3.14. The Morgan fingerprint density at radius 2 is 2.28 bits per heavy atom. The van der Waals surface area contributed by atoms with Crippen molar-refractivity contribution in [1.29, 1.82) is 0 Å². The normalized spacial score (nSPS) is 10.1. The average molecular weight is 268 g/mol. The van der Waals surface area contributed by atoms with Gasteiger partial charge in [-0.1, -0.05) is 0 Å². The lowest BCUT2D eigenvalue weighted by Gasteiger charge is -2.09. The van der Waals surface area contributed by atoms with Crippen LogP contribution < -0.4 is 15.8 Å². The summed E-state index contributed by atoms with van der Waals surface area (Å²) in [4.78, 5) is 11.8. The van der Waals surface area contributed by atoms with Gasteiger partial charge in [0, 0.05) is 12.1 Å². The highest BCUT2D eigenvalue weighted by Gasteiger charge is 2.08. The van der Waals surface area contributed by atoms with Gasteiger partial charge in [-0.3, -0.25) is 4.79 Å². The van der Waals surface area contributed by atoms with Crippen LogP contribution in [0.3, 0.4) is 0 Å². The van der Waals surface area contributed by atoms with Crippen LogP contribution in [-0.4, -0.2) is 31.1 Å². The number of benzene rings is 1. The van der Waals surface area contributed by atoms with Crippen LogP contribution in [0, 0.1) is 0 Å². The quantitative estimate of drug-likeness (QED) is 0.587. The molecule has 0 saturated heterocycles. The molecule has 0 aliphatic rings. The van der Waals surface area contributed by atoms with Crippen molar-refractivity contribution in [3.63, 3.8) is 0 Å². The number of nitrogen functional groups attached to an aromatic ring is 1. The SMILES string of the molecule is CCOc1ccc(C(=O)NCCCSC)cc1N. The number of ether oxygens (including phenoxy) is 1. The predicted octanol–water partition coefficient (Wildman–Crippen LogP) is 2.15. The van der Waals surface area contributed by atoms with Gasteiger partial charge >= 0.3 is 0 Å². The van der Waals surface area contributed by atoms with Crippen molar-refractivity contribution in [2.75, 3.05) is 30.9 Å². The summed E-state index contributed by atoms with van der Waals surface area (Å²) in [5.74, 6) is 1.58. The van der Waals surface area contributed by atoms with Gasteiger partial charge in [0.2, 0.25) is 0 Å². The topological polar surface area (TPSA) is 64.3 Å². The van der Waals surface area contributed by atoms with Crippen LogP contribution in [0.2, 0.25) is 0 Å². The van der Waals surface area contributed by atoms with E-state index < -0.39 is 0 Å². The number of amides is 1. The molecule has 18 heavy (non-hydrogen) atoms. The Balaban J connectivity index is 2.55. The minimum atomic E-state index is -0.0918. The molecule has 100 valence electrons. The van der Waals surface area contributed by atoms with Crippen LogP contribution in [0.25, 0.3) is 0 Å². The fraction of sp³-hybridized carbons (Fsp3) is 0.462. The fourth-order valence-corrected chi connectivity index (χ4v) is 1.93. The van der Waals surface area contributed by atoms with Crippen LogP contribution >= 0.6 is 11.8 Å². The molecule has 0 fully saturated rings. The highest BCUT2D eigenvalue weighted by Crippen LogP contribution is 2.22. The predicted molar refractivity (Wildman–Crippen MR) is 77.4 cm³/mol. The van der Waals surface area contributed by atoms with E-state index in [9.17, 15) is 4.79 Å². The van der Waals surface area contributed by atoms with Gasteiger partial charge in [-0.25, -0.2) is 0 Å². The Morgan fingerprint density at radius 1 is 1.50 bits per heavy atom. The Kier molecular flexibility index (Phi) is 6.43. The maximum atomic E-state index is 11.8. The Hall–Kier alpha value is -1.36. The monoisotopic (exact) mass is 268 g/mol. The van der Waals surface area contributed by atoms with E-state index in [2.05, 4.69) is 11.6 Å². The molecule has 5 heteroatoms. The first-order valence-electron chi connectivity index (χ1n) is 5.98. The second-order valence-electron chi connectivity index (χ2n) is 3.79. The first-order chi connectivity index (χ1) is 8.69. The molecule has 0 unspecified atom stereocenters. The first-order valence-corrected chi connectivity index (χ1v) is 7.38. The highest BCUT2D eigenvalue weighted by atomic mass is 32.2. The molecule has 0 bridgehead atoms. The highest BCUT2D eigenvalue weighted by molar-refractivity contribution is 7.98. The molecule has 1 aromatic rings. The van der Waals surface area contributed by atoms with Gasteiger partial charge < -0.3 is 15.8 Å². The minimum Gasteiger partial charge on any atom is -0.492 e. The van der Waals surface area contributed by atoms with E-state index in [4.69, 9.17) is 10.5 Å². The van der Waals surface area contributed by atoms with Gasteiger partial charge in [-0.15, -0.1) is 0 Å². The van der Waals surface area contributed by atoms with Crippen molar-refractivity contribution < 1.29 is 9.53 Å². The third kappa shape index (κ3) is 4.49. The third-order valence-corrected chi connectivity index (χ3v) is 3.08. The number of thioether (sulfide) groups is 1. The molecule has 1 amide bonds. The zero-order valence-electron chi connectivity index (χ0n) is 10.9. The zero-order valence-corrected chi connectivity index (χ0v) is 11.7. The summed E-state index contributed by atoms with van der Waals surface area (Å²) in [5.41, 5.74) is 6.88. The number of carbonyl (C=O) groups is 1. The van der Waals surface area contributed by atoms with Crippen molar-refractivity contribution in [2.45, 2.75) is 13.3 Å². The number of carbonyl (C=O) groups excluding carboxylic acids is 1. The van der Waals surface area contributed by atoms with Gasteiger partial charge in [0.05, 0.1) is 12.3 Å². The van der Waals surface area contributed by atoms with E-state index in [0.29, 0.717) is 30.2 Å². The molecule has 0 radical (unpaired) electrons. The fourth-order valence-electron chi connectivity index (χ4n) is 1.50. The van der Waals surface area contributed by atoms with Crippen LogP contribution in [0.15, 0.2) is 18.2 Å². The summed E-state index contributed by atoms with van der Waals surface area (Å²) in [6.07, 6.45) is 3.02. The zero-order chi connectivity index (χ0) is 13.4. The largest absolute Gasteiger partial charge is 0.492 e. The van der Waals surface area contributed by atoms with E-state index in [1.807, 2.05) is 6.92 Å². The first kappa shape index (κ1) is 14.7. The maximum absolute atomic E-state index is 11.8. The van der Waals surface area contributed by atoms with Gasteiger partial charge in [-0.05, 0) is 43.6 Å². The third-order valence-electron chi connectivity index (χ3n) is 2.38. The van der Waals surface area contributed by atoms with Crippen LogP contribution in [0.1, 0.15) is 23.7 Å². The molecule has 0 spiro atoms. The summed E-state index contributed by atoms with van der Waals surface area (Å²) in [6, 6.07) is 5.11. The van der Waals surface area contributed by atoms with E-state index in [-0.39, 0.29) is 5.91 Å². The Morgan fingerprint density at radius 3 is 2.89 bits per heavy atom. The maximum Gasteiger partial charge on any atom is 0.251 e. The summed E-state index contributed by atoms with van der Waals surface area (Å²) in [5, 5.41) is 2.86. The molecule has 0 aromatic heterocycles. The number of hydrogen-bond donors (Lipinski definition) is 2. The van der Waals surface area contributed by atoms with Crippen molar-refractivity contribution in [3.8, 4) is 5.75 Å². The van der Waals surface area contributed by atoms with Crippen molar-refractivity contribution >= 4 is 23.4 Å². The lowest BCUT2D eigenvalue weighted by atomic mass is 10.1. The molecule has 0 heterocycles. The molecule has 0 atom stereocenters. The number of rotatable bonds is 7. The lowest BCUT2D eigenvalue weighted by Crippen LogP contribution is -2.24. The molecule has 3 N–H and O–H groups in total. The lowest BCUT2D eigenvalue weighted by molar-refractivity contribution is 0.0954. The molecule has 4 nitrogen and oxygen atoms in total. The smallest absolute Gasteiger partial charge is 0.251 e.